The van der Waals surface area contributed by atoms with Gasteiger partial charge in [-0.2, -0.15) is 0 Å². The molecule has 0 bridgehead atoms. The SMILES string of the molecule is CCCn1cccc1CNCC(=O)NC(C)C. The average Bonchev–Trinajstić information content (AvgIpc) is 2.65. The van der Waals surface area contributed by atoms with Crippen LogP contribution >= 0.6 is 0 Å². The zero-order valence-electron chi connectivity index (χ0n) is 11.0. The molecule has 17 heavy (non-hydrogen) atoms. The highest BCUT2D eigenvalue weighted by atomic mass is 16.1. The van der Waals surface area contributed by atoms with Gasteiger partial charge in [-0.05, 0) is 32.4 Å². The van der Waals surface area contributed by atoms with Gasteiger partial charge in [0.15, 0.2) is 0 Å². The monoisotopic (exact) mass is 237 g/mol. The second-order valence-corrected chi connectivity index (χ2v) is 4.52. The molecule has 1 heterocycles. The van der Waals surface area contributed by atoms with Gasteiger partial charge in [0.1, 0.15) is 0 Å². The molecule has 0 aliphatic heterocycles. The fraction of sp³-hybridized carbons (Fsp3) is 0.615. The van der Waals surface area contributed by atoms with Gasteiger partial charge >= 0.3 is 0 Å². The first-order valence-corrected chi connectivity index (χ1v) is 6.27. The zero-order chi connectivity index (χ0) is 12.7. The molecule has 2 N–H and O–H groups in total. The first-order valence-electron chi connectivity index (χ1n) is 6.27. The number of nitrogens with zero attached hydrogens (tertiary/aromatic N) is 1. The van der Waals surface area contributed by atoms with Gasteiger partial charge in [-0.15, -0.1) is 0 Å². The summed E-state index contributed by atoms with van der Waals surface area (Å²) in [6.07, 6.45) is 3.20. The van der Waals surface area contributed by atoms with Crippen molar-refractivity contribution in [2.45, 2.75) is 46.3 Å². The van der Waals surface area contributed by atoms with Gasteiger partial charge in [0, 0.05) is 31.0 Å². The summed E-state index contributed by atoms with van der Waals surface area (Å²) < 4.78 is 2.22. The molecule has 0 spiro atoms. The fourth-order valence-corrected chi connectivity index (χ4v) is 1.75. The van der Waals surface area contributed by atoms with Gasteiger partial charge in [0.05, 0.1) is 6.54 Å². The number of nitrogens with one attached hydrogen (secondary N) is 2. The van der Waals surface area contributed by atoms with Gasteiger partial charge < -0.3 is 15.2 Å². The number of hydrogen-bond donors (Lipinski definition) is 2. The van der Waals surface area contributed by atoms with Crippen molar-refractivity contribution in [3.05, 3.63) is 24.0 Å². The van der Waals surface area contributed by atoms with Crippen molar-refractivity contribution in [1.82, 2.24) is 15.2 Å². The highest BCUT2D eigenvalue weighted by Crippen LogP contribution is 2.02. The van der Waals surface area contributed by atoms with Crippen molar-refractivity contribution in [3.8, 4) is 0 Å². The summed E-state index contributed by atoms with van der Waals surface area (Å²) in [5, 5.41) is 6.01. The molecular formula is C13H23N3O. The van der Waals surface area contributed by atoms with Gasteiger partial charge in [-0.25, -0.2) is 0 Å². The summed E-state index contributed by atoms with van der Waals surface area (Å²) in [6, 6.07) is 4.33. The minimum atomic E-state index is 0.0496. The van der Waals surface area contributed by atoms with Crippen molar-refractivity contribution in [1.29, 1.82) is 0 Å². The molecule has 1 aromatic rings. The Morgan fingerprint density at radius 1 is 1.47 bits per heavy atom. The standard InChI is InChI=1S/C13H23N3O/c1-4-7-16-8-5-6-12(16)9-14-10-13(17)15-11(2)3/h5-6,8,11,14H,4,7,9-10H2,1-3H3,(H,15,17). The normalized spacial score (nSPS) is 10.8. The third-order valence-corrected chi connectivity index (χ3v) is 2.43. The van der Waals surface area contributed by atoms with Gasteiger partial charge in [0.2, 0.25) is 5.91 Å². The van der Waals surface area contributed by atoms with E-state index in [1.54, 1.807) is 0 Å². The molecule has 4 nitrogen and oxygen atoms in total. The largest absolute Gasteiger partial charge is 0.353 e. The lowest BCUT2D eigenvalue weighted by Gasteiger charge is -2.11. The van der Waals surface area contributed by atoms with Crippen LogP contribution in [-0.4, -0.2) is 23.1 Å². The van der Waals surface area contributed by atoms with Crippen molar-refractivity contribution in [3.63, 3.8) is 0 Å². The van der Waals surface area contributed by atoms with Crippen LogP contribution in [0.1, 0.15) is 32.9 Å². The molecule has 0 saturated carbocycles. The number of hydrogen-bond acceptors (Lipinski definition) is 2. The molecule has 4 heteroatoms. The van der Waals surface area contributed by atoms with Crippen LogP contribution in [0.25, 0.3) is 0 Å². The second-order valence-electron chi connectivity index (χ2n) is 4.52. The van der Waals surface area contributed by atoms with E-state index in [-0.39, 0.29) is 11.9 Å². The molecule has 0 radical (unpaired) electrons. The Morgan fingerprint density at radius 2 is 2.24 bits per heavy atom. The minimum absolute atomic E-state index is 0.0496. The van der Waals surface area contributed by atoms with Crippen LogP contribution in [0.4, 0.5) is 0 Å². The Hall–Kier alpha value is -1.29. The van der Waals surface area contributed by atoms with Gasteiger partial charge in [0.25, 0.3) is 0 Å². The first-order chi connectivity index (χ1) is 8.13. The quantitative estimate of drug-likeness (QED) is 0.755. The summed E-state index contributed by atoms with van der Waals surface area (Å²) in [6.45, 7) is 8.22. The summed E-state index contributed by atoms with van der Waals surface area (Å²) in [5.74, 6) is 0.0496. The van der Waals surface area contributed by atoms with Crippen molar-refractivity contribution >= 4 is 5.91 Å². The second kappa shape index (κ2) is 7.12. The van der Waals surface area contributed by atoms with Crippen LogP contribution in [0.2, 0.25) is 0 Å². The summed E-state index contributed by atoms with van der Waals surface area (Å²) >= 11 is 0. The number of amides is 1. The number of carbonyl (C=O) groups is 1. The Kier molecular flexibility index (Phi) is 5.77. The van der Waals surface area contributed by atoms with Crippen LogP contribution in [0.5, 0.6) is 0 Å². The Balaban J connectivity index is 2.30. The molecule has 0 atom stereocenters. The number of aromatic nitrogens is 1. The third-order valence-electron chi connectivity index (χ3n) is 2.43. The smallest absolute Gasteiger partial charge is 0.234 e. The average molecular weight is 237 g/mol. The van der Waals surface area contributed by atoms with Crippen LogP contribution in [-0.2, 0) is 17.9 Å². The molecule has 0 aliphatic rings. The molecule has 96 valence electrons. The fourth-order valence-electron chi connectivity index (χ4n) is 1.75. The molecule has 1 amide bonds. The maximum absolute atomic E-state index is 11.4. The lowest BCUT2D eigenvalue weighted by atomic mass is 10.3. The molecule has 0 aliphatic carbocycles. The zero-order valence-corrected chi connectivity index (χ0v) is 11.0. The molecule has 0 saturated heterocycles. The van der Waals surface area contributed by atoms with E-state index in [0.29, 0.717) is 6.54 Å². The lowest BCUT2D eigenvalue weighted by Crippen LogP contribution is -2.37. The number of carbonyl (C=O) groups excluding carboxylic acids is 1. The molecule has 0 unspecified atom stereocenters. The third kappa shape index (κ3) is 5.04. The van der Waals surface area contributed by atoms with E-state index < -0.39 is 0 Å². The van der Waals surface area contributed by atoms with Gasteiger partial charge in [-0.3, -0.25) is 4.79 Å². The van der Waals surface area contributed by atoms with Crippen molar-refractivity contribution in [2.24, 2.45) is 0 Å². The molecular weight excluding hydrogens is 214 g/mol. The maximum Gasteiger partial charge on any atom is 0.234 e. The minimum Gasteiger partial charge on any atom is -0.353 e. The number of aryl methyl sites for hydroxylation is 1. The predicted molar refractivity (Wildman–Crippen MR) is 69.7 cm³/mol. The van der Waals surface area contributed by atoms with E-state index in [2.05, 4.69) is 34.4 Å². The summed E-state index contributed by atoms with van der Waals surface area (Å²) in [5.41, 5.74) is 1.23. The number of rotatable bonds is 7. The predicted octanol–water partition coefficient (Wildman–Crippen LogP) is 1.51. The molecule has 1 aromatic heterocycles. The lowest BCUT2D eigenvalue weighted by molar-refractivity contribution is -0.120. The highest BCUT2D eigenvalue weighted by Gasteiger charge is 2.04. The summed E-state index contributed by atoms with van der Waals surface area (Å²) in [7, 11) is 0. The van der Waals surface area contributed by atoms with E-state index in [1.165, 1.54) is 5.69 Å². The van der Waals surface area contributed by atoms with E-state index in [1.807, 2.05) is 19.9 Å². The van der Waals surface area contributed by atoms with E-state index in [4.69, 9.17) is 0 Å². The Morgan fingerprint density at radius 3 is 2.88 bits per heavy atom. The van der Waals surface area contributed by atoms with Gasteiger partial charge in [-0.1, -0.05) is 6.92 Å². The topological polar surface area (TPSA) is 46.1 Å². The maximum atomic E-state index is 11.4. The molecule has 0 aromatic carbocycles. The van der Waals surface area contributed by atoms with E-state index >= 15 is 0 Å². The highest BCUT2D eigenvalue weighted by molar-refractivity contribution is 5.78. The van der Waals surface area contributed by atoms with E-state index in [9.17, 15) is 4.79 Å². The molecule has 1 rings (SSSR count). The van der Waals surface area contributed by atoms with Crippen LogP contribution in [0, 0.1) is 0 Å². The van der Waals surface area contributed by atoms with Crippen LogP contribution in [0.15, 0.2) is 18.3 Å². The Labute approximate surface area is 103 Å². The van der Waals surface area contributed by atoms with Crippen LogP contribution in [0.3, 0.4) is 0 Å². The van der Waals surface area contributed by atoms with E-state index in [0.717, 1.165) is 19.5 Å². The molecule has 0 fully saturated rings. The first kappa shape index (κ1) is 13.8. The summed E-state index contributed by atoms with van der Waals surface area (Å²) in [4.78, 5) is 11.4. The van der Waals surface area contributed by atoms with Crippen molar-refractivity contribution in [2.75, 3.05) is 6.54 Å². The Bertz CT molecular complexity index is 344. The van der Waals surface area contributed by atoms with Crippen molar-refractivity contribution < 1.29 is 4.79 Å². The van der Waals surface area contributed by atoms with Crippen LogP contribution < -0.4 is 10.6 Å².